The SMILES string of the molecule is O=C(O)/C=C/c1ccc(-c2cccc(F)c2)cc1F. The van der Waals surface area contributed by atoms with Crippen molar-refractivity contribution in [2.75, 3.05) is 0 Å². The molecule has 0 bridgehead atoms. The van der Waals surface area contributed by atoms with Crippen molar-refractivity contribution in [3.05, 3.63) is 65.7 Å². The lowest BCUT2D eigenvalue weighted by Gasteiger charge is -2.04. The van der Waals surface area contributed by atoms with Crippen LogP contribution in [0.2, 0.25) is 0 Å². The Kier molecular flexibility index (Phi) is 3.71. The maximum absolute atomic E-state index is 13.7. The van der Waals surface area contributed by atoms with E-state index in [-0.39, 0.29) is 5.56 Å². The van der Waals surface area contributed by atoms with Crippen molar-refractivity contribution in [1.82, 2.24) is 0 Å². The molecule has 2 nitrogen and oxygen atoms in total. The van der Waals surface area contributed by atoms with Crippen molar-refractivity contribution in [2.45, 2.75) is 0 Å². The van der Waals surface area contributed by atoms with Gasteiger partial charge in [-0.3, -0.25) is 0 Å². The Morgan fingerprint density at radius 1 is 1.05 bits per heavy atom. The average Bonchev–Trinajstić information content (AvgIpc) is 2.37. The quantitative estimate of drug-likeness (QED) is 0.854. The predicted octanol–water partition coefficient (Wildman–Crippen LogP) is 3.73. The zero-order valence-corrected chi connectivity index (χ0v) is 9.81. The highest BCUT2D eigenvalue weighted by Crippen LogP contribution is 2.23. The first-order valence-electron chi connectivity index (χ1n) is 5.53. The molecule has 2 rings (SSSR count). The molecule has 0 unspecified atom stereocenters. The normalized spacial score (nSPS) is 10.8. The van der Waals surface area contributed by atoms with Gasteiger partial charge in [0, 0.05) is 11.6 Å². The molecule has 0 atom stereocenters. The van der Waals surface area contributed by atoms with Gasteiger partial charge in [-0.15, -0.1) is 0 Å². The van der Waals surface area contributed by atoms with Crippen LogP contribution < -0.4 is 0 Å². The average molecular weight is 260 g/mol. The standard InChI is InChI=1S/C15H10F2O2/c16-13-3-1-2-11(8-13)12-5-4-10(14(17)9-12)6-7-15(18)19/h1-9H,(H,18,19)/b7-6+. The number of benzene rings is 2. The summed E-state index contributed by atoms with van der Waals surface area (Å²) >= 11 is 0. The molecule has 0 aliphatic rings. The Labute approximate surface area is 108 Å². The van der Waals surface area contributed by atoms with Gasteiger partial charge in [0.15, 0.2) is 0 Å². The van der Waals surface area contributed by atoms with E-state index in [9.17, 15) is 13.6 Å². The van der Waals surface area contributed by atoms with Crippen LogP contribution in [0.3, 0.4) is 0 Å². The maximum Gasteiger partial charge on any atom is 0.328 e. The van der Waals surface area contributed by atoms with Crippen LogP contribution in [0.4, 0.5) is 8.78 Å². The monoisotopic (exact) mass is 260 g/mol. The summed E-state index contributed by atoms with van der Waals surface area (Å²) in [7, 11) is 0. The van der Waals surface area contributed by atoms with Crippen LogP contribution in [0.25, 0.3) is 17.2 Å². The number of carbonyl (C=O) groups is 1. The molecule has 96 valence electrons. The van der Waals surface area contributed by atoms with Gasteiger partial charge in [0.1, 0.15) is 11.6 Å². The number of aliphatic carboxylic acids is 1. The van der Waals surface area contributed by atoms with Gasteiger partial charge < -0.3 is 5.11 Å². The van der Waals surface area contributed by atoms with Gasteiger partial charge in [-0.05, 0) is 35.4 Å². The molecule has 2 aromatic carbocycles. The van der Waals surface area contributed by atoms with Crippen molar-refractivity contribution >= 4 is 12.0 Å². The molecule has 0 saturated carbocycles. The fourth-order valence-corrected chi connectivity index (χ4v) is 1.67. The number of halogens is 2. The molecule has 0 aromatic heterocycles. The number of carboxylic acid groups (broad SMARTS) is 1. The van der Waals surface area contributed by atoms with Gasteiger partial charge in [0.25, 0.3) is 0 Å². The summed E-state index contributed by atoms with van der Waals surface area (Å²) in [4.78, 5) is 10.4. The van der Waals surface area contributed by atoms with Crippen molar-refractivity contribution < 1.29 is 18.7 Å². The molecule has 0 heterocycles. The lowest BCUT2D eigenvalue weighted by Crippen LogP contribution is -1.89. The molecule has 4 heteroatoms. The zero-order chi connectivity index (χ0) is 13.8. The van der Waals surface area contributed by atoms with E-state index in [4.69, 9.17) is 5.11 Å². The summed E-state index contributed by atoms with van der Waals surface area (Å²) in [5.41, 5.74) is 1.26. The second kappa shape index (κ2) is 5.44. The molecule has 0 aliphatic heterocycles. The van der Waals surface area contributed by atoms with E-state index in [0.717, 1.165) is 6.08 Å². The third kappa shape index (κ3) is 3.25. The van der Waals surface area contributed by atoms with Crippen molar-refractivity contribution in [3.63, 3.8) is 0 Å². The van der Waals surface area contributed by atoms with Crippen molar-refractivity contribution in [1.29, 1.82) is 0 Å². The first-order chi connectivity index (χ1) is 9.06. The van der Waals surface area contributed by atoms with Gasteiger partial charge in [-0.1, -0.05) is 24.3 Å². The highest BCUT2D eigenvalue weighted by atomic mass is 19.1. The highest BCUT2D eigenvalue weighted by Gasteiger charge is 2.04. The first kappa shape index (κ1) is 13.0. The van der Waals surface area contributed by atoms with Gasteiger partial charge in [-0.2, -0.15) is 0 Å². The number of rotatable bonds is 3. The van der Waals surface area contributed by atoms with E-state index < -0.39 is 17.6 Å². The first-order valence-corrected chi connectivity index (χ1v) is 5.53. The second-order valence-corrected chi connectivity index (χ2v) is 3.92. The molecular weight excluding hydrogens is 250 g/mol. The zero-order valence-electron chi connectivity index (χ0n) is 9.81. The third-order valence-electron chi connectivity index (χ3n) is 2.56. The smallest absolute Gasteiger partial charge is 0.328 e. The predicted molar refractivity (Wildman–Crippen MR) is 68.5 cm³/mol. The Hall–Kier alpha value is -2.49. The van der Waals surface area contributed by atoms with Crippen LogP contribution in [0.15, 0.2) is 48.5 Å². The topological polar surface area (TPSA) is 37.3 Å². The van der Waals surface area contributed by atoms with Crippen LogP contribution in [-0.2, 0) is 4.79 Å². The second-order valence-electron chi connectivity index (χ2n) is 3.92. The molecule has 1 N–H and O–H groups in total. The van der Waals surface area contributed by atoms with Crippen LogP contribution in [0.1, 0.15) is 5.56 Å². The minimum Gasteiger partial charge on any atom is -0.478 e. The number of hydrogen-bond donors (Lipinski definition) is 1. The molecule has 0 saturated heterocycles. The van der Waals surface area contributed by atoms with Crippen LogP contribution in [0, 0.1) is 11.6 Å². The van der Waals surface area contributed by atoms with Gasteiger partial charge in [0.05, 0.1) is 0 Å². The summed E-state index contributed by atoms with van der Waals surface area (Å²) in [5.74, 6) is -2.10. The van der Waals surface area contributed by atoms with Crippen molar-refractivity contribution in [2.24, 2.45) is 0 Å². The minimum atomic E-state index is -1.14. The van der Waals surface area contributed by atoms with E-state index >= 15 is 0 Å². The lowest BCUT2D eigenvalue weighted by atomic mass is 10.0. The van der Waals surface area contributed by atoms with Crippen LogP contribution >= 0.6 is 0 Å². The Balaban J connectivity index is 2.36. The summed E-state index contributed by atoms with van der Waals surface area (Å²) in [6.07, 6.45) is 2.04. The summed E-state index contributed by atoms with van der Waals surface area (Å²) in [5, 5.41) is 8.48. The molecular formula is C15H10F2O2. The molecule has 0 spiro atoms. The van der Waals surface area contributed by atoms with Gasteiger partial charge in [-0.25, -0.2) is 13.6 Å². The summed E-state index contributed by atoms with van der Waals surface area (Å²) < 4.78 is 26.8. The lowest BCUT2D eigenvalue weighted by molar-refractivity contribution is -0.131. The summed E-state index contributed by atoms with van der Waals surface area (Å²) in [6, 6.07) is 10.1. The molecule has 2 aromatic rings. The Morgan fingerprint density at radius 2 is 1.79 bits per heavy atom. The van der Waals surface area contributed by atoms with Crippen LogP contribution in [0.5, 0.6) is 0 Å². The Morgan fingerprint density at radius 3 is 2.42 bits per heavy atom. The molecule has 0 fully saturated rings. The third-order valence-corrected chi connectivity index (χ3v) is 2.56. The highest BCUT2D eigenvalue weighted by molar-refractivity contribution is 5.85. The Bertz CT molecular complexity index is 648. The number of hydrogen-bond acceptors (Lipinski definition) is 1. The largest absolute Gasteiger partial charge is 0.478 e. The fraction of sp³-hybridized carbons (Fsp3) is 0. The minimum absolute atomic E-state index is 0.169. The summed E-state index contributed by atoms with van der Waals surface area (Å²) in [6.45, 7) is 0. The van der Waals surface area contributed by atoms with E-state index in [2.05, 4.69) is 0 Å². The van der Waals surface area contributed by atoms with E-state index in [1.165, 1.54) is 30.3 Å². The van der Waals surface area contributed by atoms with E-state index in [1.807, 2.05) is 0 Å². The van der Waals surface area contributed by atoms with Crippen LogP contribution in [-0.4, -0.2) is 11.1 Å². The molecule has 0 aliphatic carbocycles. The molecule has 0 radical (unpaired) electrons. The van der Waals surface area contributed by atoms with Crippen molar-refractivity contribution in [3.8, 4) is 11.1 Å². The molecule has 0 amide bonds. The van der Waals surface area contributed by atoms with E-state index in [1.54, 1.807) is 18.2 Å². The number of carboxylic acids is 1. The molecule has 19 heavy (non-hydrogen) atoms. The van der Waals surface area contributed by atoms with E-state index in [0.29, 0.717) is 11.1 Å². The fourth-order valence-electron chi connectivity index (χ4n) is 1.67. The maximum atomic E-state index is 13.7. The van der Waals surface area contributed by atoms with Gasteiger partial charge in [0.2, 0.25) is 0 Å². The van der Waals surface area contributed by atoms with Gasteiger partial charge >= 0.3 is 5.97 Å².